The second kappa shape index (κ2) is 9.18. The predicted molar refractivity (Wildman–Crippen MR) is 106 cm³/mol. The summed E-state index contributed by atoms with van der Waals surface area (Å²) in [7, 11) is 1.61. The largest absolute Gasteiger partial charge is 0.486 e. The summed E-state index contributed by atoms with van der Waals surface area (Å²) in [6.45, 7) is 1.16. The average molecular weight is 425 g/mol. The number of rotatable bonds is 8. The highest BCUT2D eigenvalue weighted by Crippen LogP contribution is 2.23. The topological polar surface area (TPSA) is 63.9 Å². The zero-order valence-corrected chi connectivity index (χ0v) is 16.6. The number of benzene rings is 1. The van der Waals surface area contributed by atoms with Crippen molar-refractivity contribution in [2.45, 2.75) is 13.0 Å². The Balaban J connectivity index is 1.61. The minimum Gasteiger partial charge on any atom is -0.486 e. The number of amides is 1. The number of hydrogen-bond donors (Lipinski definition) is 1. The highest BCUT2D eigenvalue weighted by Gasteiger charge is 2.30. The molecule has 0 atom stereocenters. The van der Waals surface area contributed by atoms with E-state index in [1.807, 2.05) is 0 Å². The lowest BCUT2D eigenvalue weighted by molar-refractivity contribution is -0.122. The average Bonchev–Trinajstić information content (AvgIpc) is 3.22. The van der Waals surface area contributed by atoms with E-state index in [1.54, 1.807) is 25.3 Å². The molecule has 1 amide bonds. The predicted octanol–water partition coefficient (Wildman–Crippen LogP) is 3.75. The molecule has 2 aromatic rings. The zero-order valence-electron chi connectivity index (χ0n) is 15.0. The summed E-state index contributed by atoms with van der Waals surface area (Å²) in [6, 6.07) is 7.55. The second-order valence-corrected chi connectivity index (χ2v) is 6.75. The van der Waals surface area contributed by atoms with Gasteiger partial charge in [-0.3, -0.25) is 9.69 Å². The van der Waals surface area contributed by atoms with Gasteiger partial charge in [-0.25, -0.2) is 4.39 Å². The summed E-state index contributed by atoms with van der Waals surface area (Å²) < 4.78 is 29.4. The van der Waals surface area contributed by atoms with Crippen molar-refractivity contribution in [1.82, 2.24) is 10.2 Å². The molecule has 28 heavy (non-hydrogen) atoms. The van der Waals surface area contributed by atoms with Gasteiger partial charge in [0.1, 0.15) is 35.4 Å². The van der Waals surface area contributed by atoms with Crippen LogP contribution in [0, 0.1) is 5.82 Å². The molecule has 1 aromatic heterocycles. The van der Waals surface area contributed by atoms with Crippen LogP contribution in [-0.2, 0) is 16.1 Å². The van der Waals surface area contributed by atoms with E-state index in [9.17, 15) is 9.18 Å². The summed E-state index contributed by atoms with van der Waals surface area (Å²) in [6.07, 6.45) is 2.27. The van der Waals surface area contributed by atoms with Crippen LogP contribution in [0.5, 0.6) is 5.75 Å². The number of ether oxygens (including phenoxy) is 2. The molecule has 1 fully saturated rings. The first kappa shape index (κ1) is 20.3. The van der Waals surface area contributed by atoms with Gasteiger partial charge < -0.3 is 19.2 Å². The monoisotopic (exact) mass is 424 g/mol. The van der Waals surface area contributed by atoms with Crippen LogP contribution < -0.4 is 10.1 Å². The van der Waals surface area contributed by atoms with Crippen LogP contribution >= 0.6 is 23.8 Å². The lowest BCUT2D eigenvalue weighted by Gasteiger charge is -2.12. The van der Waals surface area contributed by atoms with Gasteiger partial charge in [-0.05, 0) is 42.9 Å². The van der Waals surface area contributed by atoms with Crippen molar-refractivity contribution >= 4 is 40.9 Å². The molecule has 0 saturated carbocycles. The molecule has 6 nitrogen and oxygen atoms in total. The molecule has 1 aromatic carbocycles. The van der Waals surface area contributed by atoms with Crippen LogP contribution in [0.25, 0.3) is 6.08 Å². The Morgan fingerprint density at radius 2 is 2.18 bits per heavy atom. The fourth-order valence-electron chi connectivity index (χ4n) is 2.55. The van der Waals surface area contributed by atoms with Gasteiger partial charge in [-0.15, -0.1) is 0 Å². The number of halogens is 2. The smallest absolute Gasteiger partial charge is 0.276 e. The molecule has 2 heterocycles. The first-order chi connectivity index (χ1) is 13.5. The zero-order chi connectivity index (χ0) is 20.1. The van der Waals surface area contributed by atoms with Crippen molar-refractivity contribution in [1.29, 1.82) is 0 Å². The van der Waals surface area contributed by atoms with Gasteiger partial charge in [-0.1, -0.05) is 11.6 Å². The van der Waals surface area contributed by atoms with E-state index in [2.05, 4.69) is 5.32 Å². The Hall–Kier alpha value is -2.42. The van der Waals surface area contributed by atoms with Gasteiger partial charge in [0.05, 0.1) is 5.02 Å². The molecule has 148 valence electrons. The summed E-state index contributed by atoms with van der Waals surface area (Å²) in [4.78, 5) is 13.9. The number of methoxy groups -OCH3 is 1. The standard InChI is InChI=1S/C19H18ClFN2O4S/c1-25-8-2-7-23-18(24)17(22-19(23)28)10-13-3-4-14(27-13)11-26-12-5-6-16(21)15(20)9-12/h3-6,9-10H,2,7-8,11H2,1H3,(H,22,28)/b17-10+. The van der Waals surface area contributed by atoms with E-state index in [1.165, 1.54) is 23.1 Å². The number of carbonyl (C=O) groups is 1. The number of carbonyl (C=O) groups excluding carboxylic acids is 1. The molecule has 3 rings (SSSR count). The summed E-state index contributed by atoms with van der Waals surface area (Å²) in [5, 5.41) is 3.24. The van der Waals surface area contributed by atoms with Gasteiger partial charge in [0, 0.05) is 32.4 Å². The summed E-state index contributed by atoms with van der Waals surface area (Å²) in [5.41, 5.74) is 0.342. The molecule has 0 unspecified atom stereocenters. The van der Waals surface area contributed by atoms with E-state index in [0.717, 1.165) is 0 Å². The molecular formula is C19H18ClFN2O4S. The van der Waals surface area contributed by atoms with Gasteiger partial charge in [0.2, 0.25) is 0 Å². The molecule has 1 saturated heterocycles. The minimum atomic E-state index is -0.510. The number of thiocarbonyl (C=S) groups is 1. The van der Waals surface area contributed by atoms with E-state index >= 15 is 0 Å². The number of nitrogens with one attached hydrogen (secondary N) is 1. The van der Waals surface area contributed by atoms with E-state index < -0.39 is 5.82 Å². The van der Waals surface area contributed by atoms with Crippen LogP contribution in [-0.4, -0.2) is 36.2 Å². The van der Waals surface area contributed by atoms with Crippen molar-refractivity contribution < 1.29 is 23.1 Å². The van der Waals surface area contributed by atoms with E-state index in [0.29, 0.717) is 47.7 Å². The second-order valence-electron chi connectivity index (χ2n) is 5.96. The number of furan rings is 1. The van der Waals surface area contributed by atoms with Crippen LogP contribution in [0.15, 0.2) is 40.4 Å². The lowest BCUT2D eigenvalue weighted by Crippen LogP contribution is -2.32. The highest BCUT2D eigenvalue weighted by molar-refractivity contribution is 7.80. The quantitative estimate of drug-likeness (QED) is 0.395. The van der Waals surface area contributed by atoms with Crippen LogP contribution in [0.1, 0.15) is 17.9 Å². The fourth-order valence-corrected chi connectivity index (χ4v) is 3.01. The van der Waals surface area contributed by atoms with E-state index in [4.69, 9.17) is 37.7 Å². The van der Waals surface area contributed by atoms with Crippen molar-refractivity contribution in [3.05, 3.63) is 58.4 Å². The lowest BCUT2D eigenvalue weighted by atomic mass is 10.3. The van der Waals surface area contributed by atoms with Gasteiger partial charge in [0.25, 0.3) is 5.91 Å². The Morgan fingerprint density at radius 1 is 1.36 bits per heavy atom. The molecule has 0 aliphatic carbocycles. The Kier molecular flexibility index (Phi) is 6.66. The summed E-state index contributed by atoms with van der Waals surface area (Å²) in [5.74, 6) is 0.720. The Bertz CT molecular complexity index is 915. The molecule has 1 N–H and O–H groups in total. The SMILES string of the molecule is COCCCN1C(=O)/C(=C\c2ccc(COc3ccc(F)c(Cl)c3)o2)NC1=S. The molecular weight excluding hydrogens is 407 g/mol. The highest BCUT2D eigenvalue weighted by atomic mass is 35.5. The minimum absolute atomic E-state index is 0.0146. The summed E-state index contributed by atoms with van der Waals surface area (Å²) >= 11 is 10.9. The normalized spacial score (nSPS) is 15.4. The van der Waals surface area contributed by atoms with Crippen LogP contribution in [0.4, 0.5) is 4.39 Å². The molecule has 0 radical (unpaired) electrons. The third-order valence-electron chi connectivity index (χ3n) is 3.93. The van der Waals surface area contributed by atoms with Gasteiger partial charge in [0.15, 0.2) is 5.11 Å². The first-order valence-electron chi connectivity index (χ1n) is 8.48. The van der Waals surface area contributed by atoms with Crippen molar-refractivity contribution in [2.75, 3.05) is 20.3 Å². The molecule has 9 heteroatoms. The molecule has 0 spiro atoms. The Labute approximate surface area is 171 Å². The van der Waals surface area contributed by atoms with Gasteiger partial charge >= 0.3 is 0 Å². The molecule has 1 aliphatic rings. The molecule has 1 aliphatic heterocycles. The van der Waals surface area contributed by atoms with Crippen molar-refractivity contribution in [2.24, 2.45) is 0 Å². The number of hydrogen-bond acceptors (Lipinski definition) is 5. The van der Waals surface area contributed by atoms with Gasteiger partial charge in [-0.2, -0.15) is 0 Å². The fraction of sp³-hybridized carbons (Fsp3) is 0.263. The maximum Gasteiger partial charge on any atom is 0.276 e. The van der Waals surface area contributed by atoms with Crippen molar-refractivity contribution in [3.8, 4) is 5.75 Å². The number of nitrogens with zero attached hydrogens (tertiary/aromatic N) is 1. The third kappa shape index (κ3) is 4.89. The van der Waals surface area contributed by atoms with E-state index in [-0.39, 0.29) is 17.5 Å². The maximum atomic E-state index is 13.2. The van der Waals surface area contributed by atoms with Crippen LogP contribution in [0.3, 0.4) is 0 Å². The van der Waals surface area contributed by atoms with Crippen LogP contribution in [0.2, 0.25) is 5.02 Å². The third-order valence-corrected chi connectivity index (χ3v) is 4.55. The van der Waals surface area contributed by atoms with Crippen molar-refractivity contribution in [3.63, 3.8) is 0 Å². The Morgan fingerprint density at radius 3 is 2.93 bits per heavy atom. The first-order valence-corrected chi connectivity index (χ1v) is 9.26. The maximum absolute atomic E-state index is 13.2. The molecule has 0 bridgehead atoms.